The molecule has 0 heterocycles. The minimum absolute atomic E-state index is 0.0978. The standard InChI is InChI=1S/C38H76NO7P/c1-4-7-10-12-14-16-18-20-22-24-26-28-37(40)44-35-36(30-34-47(42,43)45-33-32-39-31-9-6-3)46-38(41)29-27-25-23-21-19-17-15-13-11-8-5-2/h36,39H,4-35H2,1-3H3,(H,42,43)/t36-/m0/s1. The van der Waals surface area contributed by atoms with Crippen LogP contribution in [-0.4, -0.2) is 55.4 Å². The van der Waals surface area contributed by atoms with E-state index in [-0.39, 0.29) is 37.7 Å². The van der Waals surface area contributed by atoms with Gasteiger partial charge in [-0.2, -0.15) is 0 Å². The zero-order chi connectivity index (χ0) is 34.7. The van der Waals surface area contributed by atoms with E-state index >= 15 is 0 Å². The van der Waals surface area contributed by atoms with E-state index in [1.165, 1.54) is 103 Å². The van der Waals surface area contributed by atoms with E-state index in [1.54, 1.807) is 0 Å². The number of carbonyl (C=O) groups excluding carboxylic acids is 2. The van der Waals surface area contributed by atoms with Crippen LogP contribution in [-0.2, 0) is 28.2 Å². The van der Waals surface area contributed by atoms with Crippen LogP contribution in [0, 0.1) is 0 Å². The lowest BCUT2D eigenvalue weighted by molar-refractivity contribution is -0.159. The number of rotatable bonds is 37. The highest BCUT2D eigenvalue weighted by molar-refractivity contribution is 7.52. The molecule has 0 saturated carbocycles. The van der Waals surface area contributed by atoms with Crippen LogP contribution in [0.15, 0.2) is 0 Å². The molecule has 47 heavy (non-hydrogen) atoms. The van der Waals surface area contributed by atoms with Crippen molar-refractivity contribution in [3.05, 3.63) is 0 Å². The predicted octanol–water partition coefficient (Wildman–Crippen LogP) is 10.8. The van der Waals surface area contributed by atoms with Crippen LogP contribution in [0.25, 0.3) is 0 Å². The molecule has 0 radical (unpaired) electrons. The van der Waals surface area contributed by atoms with Gasteiger partial charge in [0.25, 0.3) is 0 Å². The molecule has 0 aliphatic carbocycles. The van der Waals surface area contributed by atoms with Gasteiger partial charge in [-0.1, -0.05) is 156 Å². The molecule has 0 amide bonds. The van der Waals surface area contributed by atoms with E-state index in [0.29, 0.717) is 19.4 Å². The first kappa shape index (κ1) is 46.0. The molecule has 0 aromatic carbocycles. The molecule has 0 bridgehead atoms. The fourth-order valence-electron chi connectivity index (χ4n) is 5.61. The minimum atomic E-state index is -3.85. The molecule has 0 aliphatic rings. The molecule has 0 rings (SSSR count). The SMILES string of the molecule is CCCCCCCCCCCCCC(=O)OC[C@H](CCP(=O)(O)OCCNCCCC)OC(=O)CCCCCCCCCCCCC. The summed E-state index contributed by atoms with van der Waals surface area (Å²) in [4.78, 5) is 35.4. The van der Waals surface area contributed by atoms with Crippen molar-refractivity contribution in [2.24, 2.45) is 0 Å². The molecular formula is C38H76NO7P. The number of hydrogen-bond donors (Lipinski definition) is 2. The monoisotopic (exact) mass is 690 g/mol. The largest absolute Gasteiger partial charge is 0.462 e. The Morgan fingerprint density at radius 1 is 0.596 bits per heavy atom. The summed E-state index contributed by atoms with van der Waals surface area (Å²) in [6.07, 6.45) is 28.5. The lowest BCUT2D eigenvalue weighted by Crippen LogP contribution is -2.26. The fraction of sp³-hybridized carbons (Fsp3) is 0.947. The van der Waals surface area contributed by atoms with Crippen molar-refractivity contribution in [3.8, 4) is 0 Å². The molecule has 0 saturated heterocycles. The molecular weight excluding hydrogens is 613 g/mol. The van der Waals surface area contributed by atoms with E-state index in [1.807, 2.05) is 0 Å². The van der Waals surface area contributed by atoms with Gasteiger partial charge in [-0.25, -0.2) is 0 Å². The Morgan fingerprint density at radius 3 is 1.49 bits per heavy atom. The van der Waals surface area contributed by atoms with Crippen molar-refractivity contribution in [3.63, 3.8) is 0 Å². The Bertz CT molecular complexity index is 752. The fourth-order valence-corrected chi connectivity index (χ4v) is 6.73. The quantitative estimate of drug-likeness (QED) is 0.0377. The van der Waals surface area contributed by atoms with Gasteiger partial charge in [0.1, 0.15) is 12.7 Å². The van der Waals surface area contributed by atoms with Crippen LogP contribution in [0.1, 0.15) is 194 Å². The normalized spacial score (nSPS) is 13.4. The van der Waals surface area contributed by atoms with Gasteiger partial charge in [0.05, 0.1) is 12.8 Å². The van der Waals surface area contributed by atoms with Crippen molar-refractivity contribution in [2.75, 3.05) is 32.5 Å². The summed E-state index contributed by atoms with van der Waals surface area (Å²) in [6, 6.07) is 0. The van der Waals surface area contributed by atoms with Gasteiger partial charge in [-0.15, -0.1) is 0 Å². The summed E-state index contributed by atoms with van der Waals surface area (Å²) in [6.45, 7) is 7.97. The molecule has 2 N–H and O–H groups in total. The van der Waals surface area contributed by atoms with Gasteiger partial charge in [-0.05, 0) is 32.2 Å². The van der Waals surface area contributed by atoms with E-state index < -0.39 is 13.7 Å². The van der Waals surface area contributed by atoms with Crippen molar-refractivity contribution in [2.45, 2.75) is 200 Å². The molecule has 0 aromatic heterocycles. The number of nitrogens with one attached hydrogen (secondary N) is 1. The van der Waals surface area contributed by atoms with Crippen LogP contribution in [0.3, 0.4) is 0 Å². The van der Waals surface area contributed by atoms with Gasteiger partial charge in [0.2, 0.25) is 0 Å². The Kier molecular flexibility index (Phi) is 34.2. The van der Waals surface area contributed by atoms with Gasteiger partial charge in [0.15, 0.2) is 0 Å². The van der Waals surface area contributed by atoms with E-state index in [2.05, 4.69) is 26.1 Å². The molecule has 0 spiro atoms. The Labute approximate surface area is 290 Å². The number of unbranched alkanes of at least 4 members (excludes halogenated alkanes) is 21. The lowest BCUT2D eigenvalue weighted by atomic mass is 10.1. The van der Waals surface area contributed by atoms with Gasteiger partial charge >= 0.3 is 19.5 Å². The average molecular weight is 690 g/mol. The first-order valence-corrected chi connectivity index (χ1v) is 21.6. The number of carbonyl (C=O) groups is 2. The highest BCUT2D eigenvalue weighted by Gasteiger charge is 2.25. The Balaban J connectivity index is 4.42. The number of hydrogen-bond acceptors (Lipinski definition) is 7. The zero-order valence-electron chi connectivity index (χ0n) is 31.0. The highest BCUT2D eigenvalue weighted by Crippen LogP contribution is 2.42. The molecule has 9 heteroatoms. The zero-order valence-corrected chi connectivity index (χ0v) is 31.9. The van der Waals surface area contributed by atoms with E-state index in [9.17, 15) is 19.0 Å². The van der Waals surface area contributed by atoms with Crippen molar-refractivity contribution >= 4 is 19.5 Å². The second-order valence-electron chi connectivity index (χ2n) is 13.5. The topological polar surface area (TPSA) is 111 Å². The smallest absolute Gasteiger partial charge is 0.328 e. The first-order chi connectivity index (χ1) is 22.8. The number of esters is 2. The van der Waals surface area contributed by atoms with Crippen LogP contribution < -0.4 is 5.32 Å². The summed E-state index contributed by atoms with van der Waals surface area (Å²) in [5, 5.41) is 3.19. The van der Waals surface area contributed by atoms with E-state index in [0.717, 1.165) is 57.9 Å². The average Bonchev–Trinajstić information content (AvgIpc) is 3.05. The third-order valence-corrected chi connectivity index (χ3v) is 10.1. The summed E-state index contributed by atoms with van der Waals surface area (Å²) in [5.74, 6) is -0.657. The lowest BCUT2D eigenvalue weighted by Gasteiger charge is -2.20. The van der Waals surface area contributed by atoms with E-state index in [4.69, 9.17) is 14.0 Å². The maximum absolute atomic E-state index is 12.6. The van der Waals surface area contributed by atoms with Gasteiger partial charge < -0.3 is 24.2 Å². The van der Waals surface area contributed by atoms with Crippen molar-refractivity contribution < 1.29 is 33.0 Å². The third kappa shape index (κ3) is 34.7. The third-order valence-electron chi connectivity index (χ3n) is 8.71. The van der Waals surface area contributed by atoms with Crippen LogP contribution in [0.5, 0.6) is 0 Å². The van der Waals surface area contributed by atoms with Gasteiger partial charge in [0, 0.05) is 19.4 Å². The molecule has 1 unspecified atom stereocenters. The molecule has 2 atom stereocenters. The molecule has 280 valence electrons. The van der Waals surface area contributed by atoms with Gasteiger partial charge in [-0.3, -0.25) is 14.2 Å². The first-order valence-electron chi connectivity index (χ1n) is 19.9. The Hall–Kier alpha value is -0.950. The molecule has 0 aromatic rings. The highest BCUT2D eigenvalue weighted by atomic mass is 31.2. The minimum Gasteiger partial charge on any atom is -0.462 e. The predicted molar refractivity (Wildman–Crippen MR) is 196 cm³/mol. The maximum atomic E-state index is 12.6. The summed E-state index contributed by atoms with van der Waals surface area (Å²) in [7, 11) is -3.85. The number of ether oxygens (including phenoxy) is 2. The Morgan fingerprint density at radius 2 is 1.02 bits per heavy atom. The summed E-state index contributed by atoms with van der Waals surface area (Å²) < 4.78 is 29.0. The summed E-state index contributed by atoms with van der Waals surface area (Å²) in [5.41, 5.74) is 0. The molecule has 8 nitrogen and oxygen atoms in total. The summed E-state index contributed by atoms with van der Waals surface area (Å²) >= 11 is 0. The van der Waals surface area contributed by atoms with Crippen LogP contribution in [0.4, 0.5) is 0 Å². The molecule has 0 fully saturated rings. The second kappa shape index (κ2) is 34.9. The van der Waals surface area contributed by atoms with Crippen LogP contribution >= 0.6 is 7.60 Å². The van der Waals surface area contributed by atoms with Crippen molar-refractivity contribution in [1.29, 1.82) is 0 Å². The molecule has 0 aliphatic heterocycles. The van der Waals surface area contributed by atoms with Crippen molar-refractivity contribution in [1.82, 2.24) is 5.32 Å². The second-order valence-corrected chi connectivity index (χ2v) is 15.4. The van der Waals surface area contributed by atoms with Crippen LogP contribution in [0.2, 0.25) is 0 Å². The maximum Gasteiger partial charge on any atom is 0.328 e.